The molecule has 0 amide bonds. The lowest BCUT2D eigenvalue weighted by molar-refractivity contribution is -0.399. The highest BCUT2D eigenvalue weighted by atomic mass is 16.6. The molecule has 3 aromatic rings. The topological polar surface area (TPSA) is 167 Å². The monoisotopic (exact) mass is 619 g/mol. The number of benzene rings is 3. The van der Waals surface area contributed by atoms with Crippen LogP contribution < -0.4 is 11.3 Å². The van der Waals surface area contributed by atoms with Gasteiger partial charge in [-0.2, -0.15) is 0 Å². The summed E-state index contributed by atoms with van der Waals surface area (Å²) in [4.78, 5) is 35.2. The van der Waals surface area contributed by atoms with Crippen LogP contribution in [-0.2, 0) is 10.8 Å². The minimum atomic E-state index is -0.862. The summed E-state index contributed by atoms with van der Waals surface area (Å²) in [5, 5.41) is 37.7. The number of nitrogens with two attached hydrogens (primary N) is 1. The molecule has 3 N–H and O–H groups in total. The van der Waals surface area contributed by atoms with Crippen LogP contribution in [0.2, 0.25) is 0 Å². The van der Waals surface area contributed by atoms with Gasteiger partial charge >= 0.3 is 11.4 Å². The van der Waals surface area contributed by atoms with Gasteiger partial charge in [0.2, 0.25) is 5.69 Å². The van der Waals surface area contributed by atoms with E-state index in [1.165, 1.54) is 0 Å². The summed E-state index contributed by atoms with van der Waals surface area (Å²) >= 11 is 0. The van der Waals surface area contributed by atoms with Crippen molar-refractivity contribution in [3.63, 3.8) is 0 Å². The number of hydrazine groups is 1. The molecule has 0 aliphatic heterocycles. The highest BCUT2D eigenvalue weighted by molar-refractivity contribution is 6.03. The van der Waals surface area contributed by atoms with E-state index in [2.05, 4.69) is 47.0 Å². The van der Waals surface area contributed by atoms with Crippen molar-refractivity contribution in [2.75, 3.05) is 5.43 Å². The SMILES string of the molecule is CCCCCC(C)(C)c1ccc(-c2c([N+](=O)[O-])c(NN)c([N+](=O)[O-])c(-c3ccc(C(C)(C)CCCCC)cc3)c2[N+](=O)[O-])cc1. The predicted molar refractivity (Wildman–Crippen MR) is 179 cm³/mol. The van der Waals surface area contributed by atoms with E-state index >= 15 is 0 Å². The smallest absolute Gasteiger partial charge is 0.313 e. The van der Waals surface area contributed by atoms with Gasteiger partial charge < -0.3 is 5.43 Å². The number of nitrogen functional groups attached to an aromatic ring is 1. The summed E-state index contributed by atoms with van der Waals surface area (Å²) in [5.41, 5.74) is 0.383. The first-order chi connectivity index (χ1) is 21.2. The Kier molecular flexibility index (Phi) is 11.4. The minimum Gasteiger partial charge on any atom is -0.313 e. The zero-order valence-corrected chi connectivity index (χ0v) is 27.1. The molecule has 0 spiro atoms. The number of unbranched alkanes of at least 4 members (excludes halogenated alkanes) is 4. The van der Waals surface area contributed by atoms with Crippen LogP contribution in [0.5, 0.6) is 0 Å². The van der Waals surface area contributed by atoms with Crippen LogP contribution in [0.15, 0.2) is 48.5 Å². The van der Waals surface area contributed by atoms with Gasteiger partial charge in [-0.15, -0.1) is 0 Å². The fraction of sp³-hybridized carbons (Fsp3) is 0.471. The second-order valence-corrected chi connectivity index (χ2v) is 12.9. The highest BCUT2D eigenvalue weighted by Crippen LogP contribution is 2.54. The molecule has 0 atom stereocenters. The van der Waals surface area contributed by atoms with E-state index in [1.807, 2.05) is 0 Å². The lowest BCUT2D eigenvalue weighted by Gasteiger charge is -2.26. The molecule has 242 valence electrons. The van der Waals surface area contributed by atoms with Gasteiger partial charge in [0.1, 0.15) is 11.1 Å². The Balaban J connectivity index is 2.33. The predicted octanol–water partition coefficient (Wildman–Crippen LogP) is 9.75. The highest BCUT2D eigenvalue weighted by Gasteiger charge is 2.43. The molecule has 0 fully saturated rings. The van der Waals surface area contributed by atoms with E-state index in [0.29, 0.717) is 0 Å². The number of nitro benzene ring substituents is 3. The minimum absolute atomic E-state index is 0.183. The third-order valence-electron chi connectivity index (χ3n) is 8.83. The summed E-state index contributed by atoms with van der Waals surface area (Å²) in [5.74, 6) is 5.70. The second kappa shape index (κ2) is 14.6. The van der Waals surface area contributed by atoms with Crippen molar-refractivity contribution in [3.8, 4) is 22.3 Å². The molecule has 11 heteroatoms. The van der Waals surface area contributed by atoms with Crippen molar-refractivity contribution in [3.05, 3.63) is 90.0 Å². The van der Waals surface area contributed by atoms with Crippen LogP contribution >= 0.6 is 0 Å². The number of hydrogen-bond donors (Lipinski definition) is 2. The Labute approximate surface area is 264 Å². The van der Waals surface area contributed by atoms with Crippen LogP contribution in [0, 0.1) is 30.3 Å². The first-order valence-corrected chi connectivity index (χ1v) is 15.6. The standard InChI is InChI=1S/C34H45N5O6/c1-7-9-11-21-33(3,4)25-17-13-23(14-18-25)27-30(37(40)41)28(32(39(44)45)29(36-35)31(27)38(42)43)24-15-19-26(20-16-24)34(5,6)22-12-10-8-2/h13-20,36H,7-12,21-22,35H2,1-6H3. The summed E-state index contributed by atoms with van der Waals surface area (Å²) in [6.45, 7) is 12.7. The maximum atomic E-state index is 12.8. The van der Waals surface area contributed by atoms with Gasteiger partial charge in [-0.1, -0.05) is 129 Å². The Bertz CT molecular complexity index is 1430. The van der Waals surface area contributed by atoms with E-state index in [4.69, 9.17) is 5.84 Å². The van der Waals surface area contributed by atoms with Crippen LogP contribution in [0.4, 0.5) is 22.7 Å². The van der Waals surface area contributed by atoms with Crippen molar-refractivity contribution in [2.45, 2.75) is 104 Å². The number of nitrogens with zero attached hydrogens (tertiary/aromatic N) is 3. The number of hydrogen-bond acceptors (Lipinski definition) is 8. The molecular weight excluding hydrogens is 574 g/mol. The maximum absolute atomic E-state index is 12.8. The fourth-order valence-electron chi connectivity index (χ4n) is 6.04. The largest absolute Gasteiger partial charge is 0.315 e. The number of nitro groups is 3. The van der Waals surface area contributed by atoms with Gasteiger partial charge in [0.05, 0.1) is 14.8 Å². The Morgan fingerprint density at radius 1 is 0.600 bits per heavy atom. The molecule has 0 aliphatic carbocycles. The number of anilines is 1. The third-order valence-corrected chi connectivity index (χ3v) is 8.83. The molecule has 0 unspecified atom stereocenters. The first kappa shape index (κ1) is 35.1. The quantitative estimate of drug-likeness (QED) is 0.0691. The molecule has 11 nitrogen and oxygen atoms in total. The molecule has 0 aromatic heterocycles. The van der Waals surface area contributed by atoms with Gasteiger partial charge in [0.25, 0.3) is 5.69 Å². The molecule has 45 heavy (non-hydrogen) atoms. The molecule has 0 bridgehead atoms. The zero-order valence-electron chi connectivity index (χ0n) is 27.1. The summed E-state index contributed by atoms with van der Waals surface area (Å²) in [6, 6.07) is 13.6. The molecule has 0 heterocycles. The Hall–Kier alpha value is -4.38. The van der Waals surface area contributed by atoms with Gasteiger partial charge in [-0.3, -0.25) is 36.2 Å². The van der Waals surface area contributed by atoms with Crippen LogP contribution in [0.3, 0.4) is 0 Å². The van der Waals surface area contributed by atoms with E-state index in [9.17, 15) is 30.3 Å². The van der Waals surface area contributed by atoms with Gasteiger partial charge in [-0.05, 0) is 45.9 Å². The first-order valence-electron chi connectivity index (χ1n) is 15.6. The average Bonchev–Trinajstić information content (AvgIpc) is 2.99. The molecule has 3 aromatic carbocycles. The van der Waals surface area contributed by atoms with Crippen molar-refractivity contribution in [1.29, 1.82) is 0 Å². The summed E-state index contributed by atoms with van der Waals surface area (Å²) in [7, 11) is 0. The van der Waals surface area contributed by atoms with E-state index < -0.39 is 37.5 Å². The molecule has 0 radical (unpaired) electrons. The summed E-state index contributed by atoms with van der Waals surface area (Å²) < 4.78 is 0. The van der Waals surface area contributed by atoms with Crippen molar-refractivity contribution in [1.82, 2.24) is 0 Å². The zero-order chi connectivity index (χ0) is 33.5. The van der Waals surface area contributed by atoms with Crippen LogP contribution in [0.1, 0.15) is 104 Å². The van der Waals surface area contributed by atoms with Crippen LogP contribution in [0.25, 0.3) is 22.3 Å². The lowest BCUT2D eigenvalue weighted by Crippen LogP contribution is -2.17. The van der Waals surface area contributed by atoms with Crippen LogP contribution in [-0.4, -0.2) is 14.8 Å². The second-order valence-electron chi connectivity index (χ2n) is 12.9. The maximum Gasteiger partial charge on any atom is 0.315 e. The summed E-state index contributed by atoms with van der Waals surface area (Å²) in [6.07, 6.45) is 8.28. The fourth-order valence-corrected chi connectivity index (χ4v) is 6.04. The van der Waals surface area contributed by atoms with E-state index in [0.717, 1.165) is 62.5 Å². The Morgan fingerprint density at radius 2 is 0.933 bits per heavy atom. The average molecular weight is 620 g/mol. The van der Waals surface area contributed by atoms with E-state index in [-0.39, 0.29) is 33.1 Å². The lowest BCUT2D eigenvalue weighted by atomic mass is 9.79. The third kappa shape index (κ3) is 7.65. The van der Waals surface area contributed by atoms with Gasteiger partial charge in [0, 0.05) is 0 Å². The van der Waals surface area contributed by atoms with Crippen molar-refractivity contribution in [2.24, 2.45) is 5.84 Å². The Morgan fingerprint density at radius 3 is 1.20 bits per heavy atom. The number of rotatable bonds is 16. The van der Waals surface area contributed by atoms with Gasteiger partial charge in [0.15, 0.2) is 0 Å². The number of nitrogens with one attached hydrogen (secondary N) is 1. The molecule has 0 aliphatic rings. The molecular formula is C34H45N5O6. The van der Waals surface area contributed by atoms with Crippen molar-refractivity contribution >= 4 is 22.7 Å². The van der Waals surface area contributed by atoms with E-state index in [1.54, 1.807) is 48.5 Å². The van der Waals surface area contributed by atoms with Crippen molar-refractivity contribution < 1.29 is 14.8 Å². The van der Waals surface area contributed by atoms with Gasteiger partial charge in [-0.25, -0.2) is 0 Å². The molecule has 3 rings (SSSR count). The molecule has 0 saturated heterocycles. The molecule has 0 saturated carbocycles. The normalized spacial score (nSPS) is 11.8.